The molecule has 1 aromatic carbocycles. The predicted molar refractivity (Wildman–Crippen MR) is 82.4 cm³/mol. The lowest BCUT2D eigenvalue weighted by atomic mass is 10.1. The van der Waals surface area contributed by atoms with Crippen molar-refractivity contribution in [3.8, 4) is 0 Å². The zero-order valence-corrected chi connectivity index (χ0v) is 13.1. The molecule has 7 heteroatoms. The smallest absolute Gasteiger partial charge is 0.304 e. The van der Waals surface area contributed by atoms with E-state index in [1.54, 1.807) is 6.07 Å². The molecule has 0 spiro atoms. The maximum absolute atomic E-state index is 12.9. The molecular weight excluding hydrogens is 290 g/mol. The molecule has 1 aromatic rings. The van der Waals surface area contributed by atoms with E-state index in [1.165, 1.54) is 8.61 Å². The summed E-state index contributed by atoms with van der Waals surface area (Å²) < 4.78 is 34.4. The number of nitrogen functional groups attached to an aromatic ring is 1. The Kier molecular flexibility index (Phi) is 3.59. The van der Waals surface area contributed by atoms with Gasteiger partial charge in [0.05, 0.1) is 23.6 Å². The van der Waals surface area contributed by atoms with Crippen LogP contribution in [0.15, 0.2) is 18.2 Å². The van der Waals surface area contributed by atoms with E-state index in [0.717, 1.165) is 5.56 Å². The third kappa shape index (κ3) is 2.49. The van der Waals surface area contributed by atoms with Gasteiger partial charge in [0.15, 0.2) is 0 Å². The molecule has 2 unspecified atom stereocenters. The number of morpholine rings is 1. The van der Waals surface area contributed by atoms with Crippen molar-refractivity contribution in [3.05, 3.63) is 23.8 Å². The molecule has 1 fully saturated rings. The second-order valence-corrected chi connectivity index (χ2v) is 7.61. The fourth-order valence-corrected chi connectivity index (χ4v) is 4.99. The average molecular weight is 311 g/mol. The highest BCUT2D eigenvalue weighted by Crippen LogP contribution is 2.36. The van der Waals surface area contributed by atoms with E-state index in [-0.39, 0.29) is 12.2 Å². The van der Waals surface area contributed by atoms with E-state index < -0.39 is 10.2 Å². The molecule has 2 aliphatic heterocycles. The fourth-order valence-electron chi connectivity index (χ4n) is 3.14. The first-order valence-electron chi connectivity index (χ1n) is 7.20. The van der Waals surface area contributed by atoms with Crippen molar-refractivity contribution in [1.82, 2.24) is 4.31 Å². The molecule has 2 heterocycles. The van der Waals surface area contributed by atoms with Crippen molar-refractivity contribution in [1.29, 1.82) is 0 Å². The van der Waals surface area contributed by atoms with E-state index in [4.69, 9.17) is 10.5 Å². The Morgan fingerprint density at radius 1 is 1.24 bits per heavy atom. The first kappa shape index (κ1) is 14.6. The number of hydrogen-bond donors (Lipinski definition) is 1. The maximum atomic E-state index is 12.9. The van der Waals surface area contributed by atoms with Crippen molar-refractivity contribution < 1.29 is 13.2 Å². The van der Waals surface area contributed by atoms with Crippen molar-refractivity contribution >= 4 is 21.6 Å². The summed E-state index contributed by atoms with van der Waals surface area (Å²) in [6, 6.07) is 5.55. The molecule has 0 bridgehead atoms. The van der Waals surface area contributed by atoms with Crippen LogP contribution in [0.25, 0.3) is 0 Å². The predicted octanol–water partition coefficient (Wildman–Crippen LogP) is 0.985. The number of fused-ring (bicyclic) bond motifs is 1. The fraction of sp³-hybridized carbons (Fsp3) is 0.571. The van der Waals surface area contributed by atoms with Crippen molar-refractivity contribution in [2.75, 3.05) is 29.7 Å². The first-order chi connectivity index (χ1) is 9.89. The van der Waals surface area contributed by atoms with Crippen LogP contribution in [-0.4, -0.2) is 44.6 Å². The van der Waals surface area contributed by atoms with Crippen LogP contribution in [0.1, 0.15) is 19.4 Å². The third-order valence-corrected chi connectivity index (χ3v) is 5.85. The van der Waals surface area contributed by atoms with Gasteiger partial charge in [-0.15, -0.1) is 0 Å². The van der Waals surface area contributed by atoms with Gasteiger partial charge in [-0.25, -0.2) is 0 Å². The number of ether oxygens (including phenoxy) is 1. The van der Waals surface area contributed by atoms with Gasteiger partial charge in [-0.3, -0.25) is 4.31 Å². The molecule has 1 saturated heterocycles. The van der Waals surface area contributed by atoms with Crippen LogP contribution in [-0.2, 0) is 21.4 Å². The zero-order valence-electron chi connectivity index (χ0n) is 12.3. The number of rotatable bonds is 2. The summed E-state index contributed by atoms with van der Waals surface area (Å²) in [5, 5.41) is 0. The number of para-hydroxylation sites is 1. The van der Waals surface area contributed by atoms with E-state index in [9.17, 15) is 8.42 Å². The van der Waals surface area contributed by atoms with E-state index >= 15 is 0 Å². The summed E-state index contributed by atoms with van der Waals surface area (Å²) in [6.07, 6.45) is 0.507. The Bertz CT molecular complexity index is 637. The Labute approximate surface area is 125 Å². The van der Waals surface area contributed by atoms with Gasteiger partial charge < -0.3 is 10.5 Å². The van der Waals surface area contributed by atoms with Gasteiger partial charge in [0.1, 0.15) is 0 Å². The number of benzene rings is 1. The van der Waals surface area contributed by atoms with E-state index in [2.05, 4.69) is 0 Å². The normalized spacial score (nSPS) is 26.9. The van der Waals surface area contributed by atoms with Crippen molar-refractivity contribution in [2.45, 2.75) is 32.5 Å². The van der Waals surface area contributed by atoms with E-state index in [1.807, 2.05) is 26.0 Å². The summed E-state index contributed by atoms with van der Waals surface area (Å²) in [5.41, 5.74) is 8.15. The van der Waals surface area contributed by atoms with Gasteiger partial charge in [0.2, 0.25) is 0 Å². The molecular formula is C14H21N3O3S. The quantitative estimate of drug-likeness (QED) is 0.826. The number of anilines is 2. The highest BCUT2D eigenvalue weighted by molar-refractivity contribution is 7.90. The van der Waals surface area contributed by atoms with Gasteiger partial charge in [-0.2, -0.15) is 12.7 Å². The monoisotopic (exact) mass is 311 g/mol. The van der Waals surface area contributed by atoms with Gasteiger partial charge >= 0.3 is 10.2 Å². The summed E-state index contributed by atoms with van der Waals surface area (Å²) in [6.45, 7) is 5.00. The zero-order chi connectivity index (χ0) is 15.2. The molecule has 3 rings (SSSR count). The molecule has 2 aliphatic rings. The number of nitrogens with zero attached hydrogens (tertiary/aromatic N) is 2. The first-order valence-corrected chi connectivity index (χ1v) is 8.60. The van der Waals surface area contributed by atoms with Crippen LogP contribution in [0.3, 0.4) is 0 Å². The summed E-state index contributed by atoms with van der Waals surface area (Å²) >= 11 is 0. The van der Waals surface area contributed by atoms with Crippen LogP contribution < -0.4 is 10.0 Å². The molecule has 0 aliphatic carbocycles. The second-order valence-electron chi connectivity index (χ2n) is 5.76. The van der Waals surface area contributed by atoms with Crippen LogP contribution in [0.5, 0.6) is 0 Å². The van der Waals surface area contributed by atoms with Crippen LogP contribution in [0.2, 0.25) is 0 Å². The van der Waals surface area contributed by atoms with E-state index in [0.29, 0.717) is 37.4 Å². The van der Waals surface area contributed by atoms with Crippen LogP contribution >= 0.6 is 0 Å². The molecule has 21 heavy (non-hydrogen) atoms. The lowest BCUT2D eigenvalue weighted by Gasteiger charge is -2.37. The van der Waals surface area contributed by atoms with Gasteiger partial charge in [0.25, 0.3) is 0 Å². The van der Waals surface area contributed by atoms with Gasteiger partial charge in [0, 0.05) is 19.6 Å². The summed E-state index contributed by atoms with van der Waals surface area (Å²) in [4.78, 5) is 0. The van der Waals surface area contributed by atoms with Gasteiger partial charge in [-0.1, -0.05) is 12.1 Å². The minimum absolute atomic E-state index is 0.0984. The standard InChI is InChI=1S/C14H21N3O3S/c1-10-8-16(9-11(2)20-10)21(18,19)17-7-6-12-4-3-5-13(15)14(12)17/h3-5,10-11H,6-9,15H2,1-2H3. The van der Waals surface area contributed by atoms with Crippen molar-refractivity contribution in [2.24, 2.45) is 0 Å². The molecule has 2 N–H and O–H groups in total. The minimum atomic E-state index is -3.56. The summed E-state index contributed by atoms with van der Waals surface area (Å²) in [5.74, 6) is 0. The maximum Gasteiger partial charge on any atom is 0.304 e. The van der Waals surface area contributed by atoms with Crippen LogP contribution in [0.4, 0.5) is 11.4 Å². The Hall–Kier alpha value is -1.31. The molecule has 0 amide bonds. The largest absolute Gasteiger partial charge is 0.397 e. The lowest BCUT2D eigenvalue weighted by Crippen LogP contribution is -2.53. The third-order valence-electron chi connectivity index (χ3n) is 3.98. The topological polar surface area (TPSA) is 75.9 Å². The molecule has 0 aromatic heterocycles. The Morgan fingerprint density at radius 3 is 2.57 bits per heavy atom. The molecule has 6 nitrogen and oxygen atoms in total. The molecule has 0 radical (unpaired) electrons. The second kappa shape index (κ2) is 5.15. The molecule has 0 saturated carbocycles. The van der Waals surface area contributed by atoms with Gasteiger partial charge in [-0.05, 0) is 31.9 Å². The Morgan fingerprint density at radius 2 is 1.90 bits per heavy atom. The minimum Gasteiger partial charge on any atom is -0.397 e. The number of nitrogens with two attached hydrogens (primary N) is 1. The Balaban J connectivity index is 1.94. The molecule has 2 atom stereocenters. The highest BCUT2D eigenvalue weighted by Gasteiger charge is 2.38. The molecule has 116 valence electrons. The van der Waals surface area contributed by atoms with Crippen molar-refractivity contribution in [3.63, 3.8) is 0 Å². The summed E-state index contributed by atoms with van der Waals surface area (Å²) in [7, 11) is -3.56. The average Bonchev–Trinajstić information content (AvgIpc) is 2.83. The van der Waals surface area contributed by atoms with Crippen LogP contribution in [0, 0.1) is 0 Å². The lowest BCUT2D eigenvalue weighted by molar-refractivity contribution is -0.0441. The SMILES string of the molecule is CC1CN(S(=O)(=O)N2CCc3cccc(N)c32)CC(C)O1. The highest BCUT2D eigenvalue weighted by atomic mass is 32.2. The number of hydrogen-bond acceptors (Lipinski definition) is 4.